The first-order valence-electron chi connectivity index (χ1n) is 6.31. The number of thioether (sulfide) groups is 1. The van der Waals surface area contributed by atoms with Crippen molar-refractivity contribution in [3.63, 3.8) is 0 Å². The molecule has 0 bridgehead atoms. The molecule has 1 amide bonds. The number of nitrogens with one attached hydrogen (secondary N) is 1. The Morgan fingerprint density at radius 1 is 1.33 bits per heavy atom. The first-order chi connectivity index (χ1) is 11.1. The number of hydrogen-bond donors (Lipinski definition) is 1. The molecule has 2 aromatic rings. The minimum absolute atomic E-state index is 0.0381. The lowest BCUT2D eigenvalue weighted by Gasteiger charge is -2.08. The number of hydrogen-bond acceptors (Lipinski definition) is 5. The maximum absolute atomic E-state index is 12.6. The third kappa shape index (κ3) is 4.31. The number of nitrogens with zero attached hydrogens (tertiary/aromatic N) is 4. The van der Waals surface area contributed by atoms with Gasteiger partial charge in [-0.3, -0.25) is 4.79 Å². The molecule has 0 unspecified atom stereocenters. The fraction of sp³-hybridized carbons (Fsp3) is 0.333. The predicted octanol–water partition coefficient (Wildman–Crippen LogP) is 3.57. The van der Waals surface area contributed by atoms with Crippen molar-refractivity contribution < 1.29 is 18.0 Å². The van der Waals surface area contributed by atoms with Crippen LogP contribution in [0.15, 0.2) is 11.2 Å². The minimum atomic E-state index is -4.61. The largest absolute Gasteiger partial charge is 0.451 e. The lowest BCUT2D eigenvalue weighted by Crippen LogP contribution is -2.16. The summed E-state index contributed by atoms with van der Waals surface area (Å²) in [5.41, 5.74) is 0.479. The second kappa shape index (κ2) is 7.16. The van der Waals surface area contributed by atoms with E-state index in [1.54, 1.807) is 6.92 Å². The molecule has 2 aromatic heterocycles. The second-order valence-electron chi connectivity index (χ2n) is 4.59. The first-order valence-corrected chi connectivity index (χ1v) is 8.05. The third-order valence-corrected chi connectivity index (χ3v) is 4.47. The van der Waals surface area contributed by atoms with E-state index in [0.717, 1.165) is 16.3 Å². The predicted molar refractivity (Wildman–Crippen MR) is 84.4 cm³/mol. The second-order valence-corrected chi connectivity index (χ2v) is 6.34. The molecule has 0 atom stereocenters. The fourth-order valence-corrected chi connectivity index (χ4v) is 2.75. The van der Waals surface area contributed by atoms with Crippen LogP contribution in [0, 0.1) is 6.92 Å². The van der Waals surface area contributed by atoms with Crippen LogP contribution < -0.4 is 5.32 Å². The molecule has 0 aliphatic rings. The van der Waals surface area contributed by atoms with Gasteiger partial charge in [-0.1, -0.05) is 35.0 Å². The Labute approximate surface area is 148 Å². The number of carbonyl (C=O) groups excluding carboxylic acids is 1. The molecule has 0 saturated heterocycles. The Balaban J connectivity index is 2.02. The highest BCUT2D eigenvalue weighted by molar-refractivity contribution is 7.99. The van der Waals surface area contributed by atoms with Crippen LogP contribution in [0.5, 0.6) is 0 Å². The lowest BCUT2D eigenvalue weighted by molar-refractivity contribution is -0.147. The highest BCUT2D eigenvalue weighted by Crippen LogP contribution is 2.30. The molecule has 2 heterocycles. The van der Waals surface area contributed by atoms with Crippen LogP contribution in [0.4, 0.5) is 19.0 Å². The van der Waals surface area contributed by atoms with Crippen LogP contribution in [0.3, 0.4) is 0 Å². The van der Waals surface area contributed by atoms with Crippen molar-refractivity contribution in [2.24, 2.45) is 7.05 Å². The molecule has 0 spiro atoms. The van der Waals surface area contributed by atoms with Gasteiger partial charge >= 0.3 is 6.18 Å². The maximum Gasteiger partial charge on any atom is 0.451 e. The zero-order chi connectivity index (χ0) is 18.1. The van der Waals surface area contributed by atoms with Gasteiger partial charge in [0.25, 0.3) is 0 Å². The normalized spacial score (nSPS) is 11.6. The Bertz CT molecular complexity index is 781. The maximum atomic E-state index is 12.6. The molecule has 0 saturated carbocycles. The molecule has 0 aliphatic heterocycles. The summed E-state index contributed by atoms with van der Waals surface area (Å²) in [7, 11) is 1.17. The van der Waals surface area contributed by atoms with E-state index < -0.39 is 17.9 Å². The van der Waals surface area contributed by atoms with Gasteiger partial charge < -0.3 is 9.88 Å². The summed E-state index contributed by atoms with van der Waals surface area (Å²) in [4.78, 5) is 15.9. The SMILES string of the molecule is Cc1nc(NC(=O)CSc2nnc(C(F)(F)F)n2C)c(Cl)cc1Cl. The molecular weight excluding hydrogens is 390 g/mol. The zero-order valence-corrected chi connectivity index (χ0v) is 14.6. The average molecular weight is 400 g/mol. The van der Waals surface area contributed by atoms with E-state index in [1.807, 2.05) is 0 Å². The number of aromatic nitrogens is 4. The van der Waals surface area contributed by atoms with Crippen LogP contribution in [0.25, 0.3) is 0 Å². The average Bonchev–Trinajstić information content (AvgIpc) is 2.83. The monoisotopic (exact) mass is 399 g/mol. The summed E-state index contributed by atoms with van der Waals surface area (Å²) in [5.74, 6) is -1.71. The molecule has 1 N–H and O–H groups in total. The van der Waals surface area contributed by atoms with Gasteiger partial charge in [-0.15, -0.1) is 10.2 Å². The van der Waals surface area contributed by atoms with E-state index in [0.29, 0.717) is 10.7 Å². The zero-order valence-electron chi connectivity index (χ0n) is 12.3. The van der Waals surface area contributed by atoms with Gasteiger partial charge in [-0.2, -0.15) is 13.2 Å². The van der Waals surface area contributed by atoms with Gasteiger partial charge in [0.05, 0.1) is 21.5 Å². The van der Waals surface area contributed by atoms with E-state index in [4.69, 9.17) is 23.2 Å². The Hall–Kier alpha value is -1.52. The van der Waals surface area contributed by atoms with Gasteiger partial charge in [0.15, 0.2) is 11.0 Å². The number of carbonyl (C=O) groups is 1. The molecule has 6 nitrogen and oxygen atoms in total. The number of rotatable bonds is 4. The number of alkyl halides is 3. The number of halogens is 5. The summed E-state index contributed by atoms with van der Waals surface area (Å²) >= 11 is 12.6. The number of amides is 1. The van der Waals surface area contributed by atoms with Crippen molar-refractivity contribution in [1.29, 1.82) is 0 Å². The summed E-state index contributed by atoms with van der Waals surface area (Å²) < 4.78 is 38.6. The number of pyridine rings is 1. The summed E-state index contributed by atoms with van der Waals surface area (Å²) in [5, 5.41) is 9.43. The Morgan fingerprint density at radius 3 is 2.58 bits per heavy atom. The van der Waals surface area contributed by atoms with Crippen molar-refractivity contribution in [2.75, 3.05) is 11.1 Å². The number of aryl methyl sites for hydroxylation is 1. The van der Waals surface area contributed by atoms with Crippen LogP contribution in [-0.2, 0) is 18.0 Å². The lowest BCUT2D eigenvalue weighted by atomic mass is 10.3. The smallest absolute Gasteiger partial charge is 0.309 e. The Morgan fingerprint density at radius 2 is 2.00 bits per heavy atom. The van der Waals surface area contributed by atoms with Crippen LogP contribution in [0.2, 0.25) is 10.0 Å². The van der Waals surface area contributed by atoms with Crippen molar-refractivity contribution >= 4 is 46.7 Å². The molecule has 0 radical (unpaired) electrons. The van der Waals surface area contributed by atoms with Crippen molar-refractivity contribution in [3.8, 4) is 0 Å². The number of anilines is 1. The van der Waals surface area contributed by atoms with Crippen LogP contribution >= 0.6 is 35.0 Å². The quantitative estimate of drug-likeness (QED) is 0.795. The van der Waals surface area contributed by atoms with Crippen LogP contribution in [-0.4, -0.2) is 31.4 Å². The molecule has 130 valence electrons. The highest BCUT2D eigenvalue weighted by atomic mass is 35.5. The fourth-order valence-electron chi connectivity index (χ4n) is 1.63. The van der Waals surface area contributed by atoms with Gasteiger partial charge in [0.2, 0.25) is 11.7 Å². The van der Waals surface area contributed by atoms with E-state index in [9.17, 15) is 18.0 Å². The highest BCUT2D eigenvalue weighted by Gasteiger charge is 2.37. The van der Waals surface area contributed by atoms with Crippen molar-refractivity contribution in [2.45, 2.75) is 18.3 Å². The molecule has 0 fully saturated rings. The third-order valence-electron chi connectivity index (χ3n) is 2.78. The summed E-state index contributed by atoms with van der Waals surface area (Å²) in [6, 6.07) is 1.44. The molecule has 0 aromatic carbocycles. The summed E-state index contributed by atoms with van der Waals surface area (Å²) in [6.45, 7) is 1.64. The molecule has 2 rings (SSSR count). The van der Waals surface area contributed by atoms with E-state index >= 15 is 0 Å². The van der Waals surface area contributed by atoms with Crippen LogP contribution in [0.1, 0.15) is 11.5 Å². The first kappa shape index (κ1) is 18.8. The molecule has 24 heavy (non-hydrogen) atoms. The topological polar surface area (TPSA) is 72.7 Å². The van der Waals surface area contributed by atoms with E-state index in [1.165, 1.54) is 13.1 Å². The van der Waals surface area contributed by atoms with Gasteiger partial charge in [-0.05, 0) is 13.0 Å². The minimum Gasteiger partial charge on any atom is -0.309 e. The Kier molecular flexibility index (Phi) is 5.61. The van der Waals surface area contributed by atoms with Gasteiger partial charge in [0, 0.05) is 7.05 Å². The molecule has 12 heteroatoms. The standard InChI is InChI=1S/C12H10Cl2F3N5OS/c1-5-6(13)3-7(14)9(18-5)19-8(23)4-24-11-21-20-10(22(11)2)12(15,16)17/h3H,4H2,1-2H3,(H,18,19,23). The summed E-state index contributed by atoms with van der Waals surface area (Å²) in [6.07, 6.45) is -4.61. The molecular formula is C12H10Cl2F3N5OS. The van der Waals surface area contributed by atoms with Crippen molar-refractivity contribution in [1.82, 2.24) is 19.7 Å². The molecule has 0 aliphatic carbocycles. The van der Waals surface area contributed by atoms with E-state index in [-0.39, 0.29) is 21.7 Å². The van der Waals surface area contributed by atoms with Gasteiger partial charge in [-0.25, -0.2) is 4.98 Å². The van der Waals surface area contributed by atoms with Gasteiger partial charge in [0.1, 0.15) is 0 Å². The van der Waals surface area contributed by atoms with Crippen molar-refractivity contribution in [3.05, 3.63) is 27.6 Å². The van der Waals surface area contributed by atoms with E-state index in [2.05, 4.69) is 20.5 Å².